The molecule has 1 aliphatic heterocycles. The van der Waals surface area contributed by atoms with Crippen LogP contribution in [0.2, 0.25) is 0 Å². The fraction of sp³-hybridized carbons (Fsp3) is 0.583. The summed E-state index contributed by atoms with van der Waals surface area (Å²) in [7, 11) is 0. The van der Waals surface area contributed by atoms with Crippen molar-refractivity contribution < 1.29 is 9.47 Å². The summed E-state index contributed by atoms with van der Waals surface area (Å²) in [6.07, 6.45) is 1.97. The molecule has 0 aliphatic carbocycles. The smallest absolute Gasteiger partial charge is 0.213 e. The van der Waals surface area contributed by atoms with Gasteiger partial charge in [-0.25, -0.2) is 4.98 Å². The van der Waals surface area contributed by atoms with Gasteiger partial charge in [-0.05, 0) is 25.1 Å². The molecule has 1 saturated heterocycles. The predicted molar refractivity (Wildman–Crippen MR) is 61.6 cm³/mol. The molecule has 0 amide bonds. The third-order valence-electron chi connectivity index (χ3n) is 2.66. The first-order valence-corrected chi connectivity index (χ1v) is 5.73. The van der Waals surface area contributed by atoms with E-state index in [9.17, 15) is 0 Å². The average molecular weight is 222 g/mol. The second-order valence-electron chi connectivity index (χ2n) is 3.98. The average Bonchev–Trinajstić information content (AvgIpc) is 2.24. The molecule has 1 aromatic heterocycles. The topological polar surface area (TPSA) is 43.4 Å². The van der Waals surface area contributed by atoms with E-state index in [1.54, 1.807) is 6.20 Å². The Kier molecular flexibility index (Phi) is 3.74. The summed E-state index contributed by atoms with van der Waals surface area (Å²) in [6, 6.07) is 4.33. The molecule has 1 aliphatic rings. The molecular weight excluding hydrogens is 204 g/mol. The highest BCUT2D eigenvalue weighted by molar-refractivity contribution is 5.23. The maximum Gasteiger partial charge on any atom is 0.213 e. The highest BCUT2D eigenvalue weighted by Gasteiger charge is 2.20. The molecule has 0 bridgehead atoms. The van der Waals surface area contributed by atoms with Gasteiger partial charge in [-0.2, -0.15) is 0 Å². The Morgan fingerprint density at radius 2 is 2.44 bits per heavy atom. The molecule has 16 heavy (non-hydrogen) atoms. The van der Waals surface area contributed by atoms with Gasteiger partial charge in [0.15, 0.2) is 0 Å². The van der Waals surface area contributed by atoms with Crippen LogP contribution in [0.15, 0.2) is 18.3 Å². The van der Waals surface area contributed by atoms with Crippen molar-refractivity contribution in [2.75, 3.05) is 19.8 Å². The SMILES string of the molecule is CCNC(C)c1ccnc(OC2COC2)c1. The zero-order chi connectivity index (χ0) is 11.4. The monoisotopic (exact) mass is 222 g/mol. The van der Waals surface area contributed by atoms with E-state index in [0.717, 1.165) is 6.54 Å². The number of aromatic nitrogens is 1. The third kappa shape index (κ3) is 2.71. The molecule has 2 rings (SSSR count). The first kappa shape index (κ1) is 11.4. The van der Waals surface area contributed by atoms with Crippen LogP contribution in [0.5, 0.6) is 5.88 Å². The van der Waals surface area contributed by atoms with E-state index >= 15 is 0 Å². The third-order valence-corrected chi connectivity index (χ3v) is 2.66. The first-order chi connectivity index (χ1) is 7.79. The van der Waals surface area contributed by atoms with Crippen LogP contribution in [0.25, 0.3) is 0 Å². The molecule has 4 heteroatoms. The largest absolute Gasteiger partial charge is 0.469 e. The standard InChI is InChI=1S/C12H18N2O2/c1-3-13-9(2)10-4-5-14-12(6-10)16-11-7-15-8-11/h4-6,9,11,13H,3,7-8H2,1-2H3. The number of nitrogens with one attached hydrogen (secondary N) is 1. The molecule has 1 unspecified atom stereocenters. The minimum atomic E-state index is 0.178. The number of rotatable bonds is 5. The zero-order valence-corrected chi connectivity index (χ0v) is 9.77. The number of hydrogen-bond acceptors (Lipinski definition) is 4. The summed E-state index contributed by atoms with van der Waals surface area (Å²) in [5.41, 5.74) is 1.20. The second-order valence-corrected chi connectivity index (χ2v) is 3.98. The van der Waals surface area contributed by atoms with Gasteiger partial charge in [0, 0.05) is 18.3 Å². The lowest BCUT2D eigenvalue weighted by Gasteiger charge is -2.26. The number of hydrogen-bond donors (Lipinski definition) is 1. The van der Waals surface area contributed by atoms with Gasteiger partial charge in [-0.15, -0.1) is 0 Å². The minimum absolute atomic E-state index is 0.178. The summed E-state index contributed by atoms with van der Waals surface area (Å²) < 4.78 is 10.7. The number of pyridine rings is 1. The van der Waals surface area contributed by atoms with Gasteiger partial charge in [-0.1, -0.05) is 6.92 Å². The van der Waals surface area contributed by atoms with Gasteiger partial charge in [0.2, 0.25) is 5.88 Å². The quantitative estimate of drug-likeness (QED) is 0.820. The molecule has 0 radical (unpaired) electrons. The molecule has 0 aromatic carbocycles. The molecule has 1 atom stereocenters. The van der Waals surface area contributed by atoms with Gasteiger partial charge in [0.1, 0.15) is 6.10 Å². The maximum absolute atomic E-state index is 5.66. The van der Waals surface area contributed by atoms with E-state index in [1.807, 2.05) is 12.1 Å². The number of ether oxygens (including phenoxy) is 2. The lowest BCUT2D eigenvalue weighted by atomic mass is 10.1. The summed E-state index contributed by atoms with van der Waals surface area (Å²) in [4.78, 5) is 4.20. The number of nitrogens with zero attached hydrogens (tertiary/aromatic N) is 1. The van der Waals surface area contributed by atoms with Crippen molar-refractivity contribution in [2.24, 2.45) is 0 Å². The van der Waals surface area contributed by atoms with Crippen LogP contribution >= 0.6 is 0 Å². The minimum Gasteiger partial charge on any atom is -0.469 e. The lowest BCUT2D eigenvalue weighted by Crippen LogP contribution is -2.38. The second kappa shape index (κ2) is 5.27. The van der Waals surface area contributed by atoms with Crippen molar-refractivity contribution in [3.63, 3.8) is 0 Å². The lowest BCUT2D eigenvalue weighted by molar-refractivity contribution is -0.0813. The first-order valence-electron chi connectivity index (χ1n) is 5.73. The van der Waals surface area contributed by atoms with Crippen LogP contribution in [0.1, 0.15) is 25.5 Å². The van der Waals surface area contributed by atoms with Crippen LogP contribution in [0.4, 0.5) is 0 Å². The Hall–Kier alpha value is -1.13. The van der Waals surface area contributed by atoms with Crippen LogP contribution in [-0.2, 0) is 4.74 Å². The van der Waals surface area contributed by atoms with Crippen LogP contribution in [0, 0.1) is 0 Å². The molecule has 1 aromatic rings. The van der Waals surface area contributed by atoms with Crippen molar-refractivity contribution in [2.45, 2.75) is 26.0 Å². The van der Waals surface area contributed by atoms with Crippen molar-refractivity contribution >= 4 is 0 Å². The van der Waals surface area contributed by atoms with E-state index in [1.165, 1.54) is 5.56 Å². The molecular formula is C12H18N2O2. The summed E-state index contributed by atoms with van der Waals surface area (Å²) in [5.74, 6) is 0.690. The summed E-state index contributed by atoms with van der Waals surface area (Å²) in [5, 5.41) is 3.36. The van der Waals surface area contributed by atoms with Crippen LogP contribution < -0.4 is 10.1 Å². The highest BCUT2D eigenvalue weighted by atomic mass is 16.6. The van der Waals surface area contributed by atoms with E-state index in [2.05, 4.69) is 24.1 Å². The van der Waals surface area contributed by atoms with E-state index in [-0.39, 0.29) is 6.10 Å². The van der Waals surface area contributed by atoms with Crippen molar-refractivity contribution in [3.05, 3.63) is 23.9 Å². The molecule has 4 nitrogen and oxygen atoms in total. The molecule has 0 saturated carbocycles. The molecule has 1 N–H and O–H groups in total. The summed E-state index contributed by atoms with van der Waals surface area (Å²) >= 11 is 0. The Bertz CT molecular complexity index is 340. The van der Waals surface area contributed by atoms with Crippen LogP contribution in [0.3, 0.4) is 0 Å². The van der Waals surface area contributed by atoms with E-state index < -0.39 is 0 Å². The van der Waals surface area contributed by atoms with Crippen molar-refractivity contribution in [1.29, 1.82) is 0 Å². The fourth-order valence-electron chi connectivity index (χ4n) is 1.64. The molecule has 0 spiro atoms. The molecule has 88 valence electrons. The summed E-state index contributed by atoms with van der Waals surface area (Å²) in [6.45, 7) is 6.54. The maximum atomic E-state index is 5.66. The van der Waals surface area contributed by atoms with Gasteiger partial charge in [0.05, 0.1) is 13.2 Å². The normalized spacial score (nSPS) is 17.9. The predicted octanol–water partition coefficient (Wildman–Crippen LogP) is 1.53. The Balaban J connectivity index is 2.00. The van der Waals surface area contributed by atoms with Gasteiger partial charge in [0.25, 0.3) is 0 Å². The van der Waals surface area contributed by atoms with Crippen molar-refractivity contribution in [1.82, 2.24) is 10.3 Å². The fourth-order valence-corrected chi connectivity index (χ4v) is 1.64. The molecule has 2 heterocycles. The van der Waals surface area contributed by atoms with E-state index in [4.69, 9.17) is 9.47 Å². The Morgan fingerprint density at radius 3 is 3.06 bits per heavy atom. The van der Waals surface area contributed by atoms with Crippen molar-refractivity contribution in [3.8, 4) is 5.88 Å². The highest BCUT2D eigenvalue weighted by Crippen LogP contribution is 2.18. The zero-order valence-electron chi connectivity index (χ0n) is 9.77. The van der Waals surface area contributed by atoms with Gasteiger partial charge >= 0.3 is 0 Å². The van der Waals surface area contributed by atoms with Gasteiger partial charge in [-0.3, -0.25) is 0 Å². The molecule has 1 fully saturated rings. The van der Waals surface area contributed by atoms with E-state index in [0.29, 0.717) is 25.1 Å². The van der Waals surface area contributed by atoms with Crippen LogP contribution in [-0.4, -0.2) is 30.8 Å². The van der Waals surface area contributed by atoms with Gasteiger partial charge < -0.3 is 14.8 Å². The Morgan fingerprint density at radius 1 is 1.62 bits per heavy atom. The Labute approximate surface area is 96.0 Å².